The highest BCUT2D eigenvalue weighted by Gasteiger charge is 2.42. The van der Waals surface area contributed by atoms with Crippen LogP contribution in [-0.2, 0) is 9.59 Å². The molecule has 0 atom stereocenters. The minimum absolute atomic E-state index is 0.292. The smallest absolute Gasteiger partial charge is 0.282 e. The van der Waals surface area contributed by atoms with Crippen molar-refractivity contribution in [3.8, 4) is 0 Å². The normalized spacial score (nSPS) is 13.9. The largest absolute Gasteiger partial charge is 0.339 e. The van der Waals surface area contributed by atoms with Gasteiger partial charge >= 0.3 is 0 Å². The SMILES string of the molecule is Cc1cc(C)cc(N2C(=O)C(c3ccc(C)cc3C)=C(N(C)c3ccccc3)C2=O)c1. The Labute approximate surface area is 183 Å². The van der Waals surface area contributed by atoms with E-state index in [1.54, 1.807) is 0 Å². The molecule has 2 amide bonds. The van der Waals surface area contributed by atoms with Crippen LogP contribution >= 0.6 is 0 Å². The number of rotatable bonds is 4. The molecule has 4 nitrogen and oxygen atoms in total. The fraction of sp³-hybridized carbons (Fsp3) is 0.185. The summed E-state index contributed by atoms with van der Waals surface area (Å²) in [4.78, 5) is 30.6. The third-order valence-electron chi connectivity index (χ3n) is 5.65. The number of benzene rings is 3. The van der Waals surface area contributed by atoms with Crippen LogP contribution in [0.15, 0.2) is 72.4 Å². The van der Waals surface area contributed by atoms with Gasteiger partial charge in [0.05, 0.1) is 11.3 Å². The molecule has 0 N–H and O–H groups in total. The van der Waals surface area contributed by atoms with Gasteiger partial charge in [0.2, 0.25) is 0 Å². The van der Waals surface area contributed by atoms with Crippen LogP contribution < -0.4 is 9.80 Å². The van der Waals surface area contributed by atoms with Crippen LogP contribution in [0.2, 0.25) is 0 Å². The molecule has 0 unspecified atom stereocenters. The summed E-state index contributed by atoms with van der Waals surface area (Å²) in [7, 11) is 1.84. The Morgan fingerprint density at radius 3 is 1.97 bits per heavy atom. The van der Waals surface area contributed by atoms with Crippen molar-refractivity contribution >= 4 is 28.8 Å². The second kappa shape index (κ2) is 7.88. The van der Waals surface area contributed by atoms with Crippen molar-refractivity contribution in [3.63, 3.8) is 0 Å². The average molecular weight is 411 g/mol. The molecule has 4 heteroatoms. The molecule has 0 spiro atoms. The third-order valence-corrected chi connectivity index (χ3v) is 5.65. The Balaban J connectivity index is 1.93. The number of carbonyl (C=O) groups excluding carboxylic acids is 2. The number of amides is 2. The molecule has 0 radical (unpaired) electrons. The van der Waals surface area contributed by atoms with Gasteiger partial charge in [-0.3, -0.25) is 9.59 Å². The van der Waals surface area contributed by atoms with Gasteiger partial charge in [0.15, 0.2) is 0 Å². The van der Waals surface area contributed by atoms with Crippen molar-refractivity contribution in [1.29, 1.82) is 0 Å². The summed E-state index contributed by atoms with van der Waals surface area (Å²) < 4.78 is 0. The van der Waals surface area contributed by atoms with Crippen LogP contribution in [0.4, 0.5) is 11.4 Å². The molecule has 4 rings (SSSR count). The maximum Gasteiger partial charge on any atom is 0.282 e. The van der Waals surface area contributed by atoms with Crippen molar-refractivity contribution in [1.82, 2.24) is 0 Å². The highest BCUT2D eigenvalue weighted by molar-refractivity contribution is 6.46. The van der Waals surface area contributed by atoms with E-state index in [4.69, 9.17) is 0 Å². The predicted molar refractivity (Wildman–Crippen MR) is 126 cm³/mol. The molecule has 0 aromatic heterocycles. The number of likely N-dealkylation sites (N-methyl/N-ethyl adjacent to an activating group) is 1. The van der Waals surface area contributed by atoms with Gasteiger partial charge in [-0.15, -0.1) is 0 Å². The van der Waals surface area contributed by atoms with Gasteiger partial charge in [-0.25, -0.2) is 4.90 Å². The molecule has 1 aliphatic rings. The maximum atomic E-state index is 13.7. The number of nitrogens with zero attached hydrogens (tertiary/aromatic N) is 2. The molecule has 0 aliphatic carbocycles. The number of hydrogen-bond acceptors (Lipinski definition) is 3. The zero-order valence-electron chi connectivity index (χ0n) is 18.6. The van der Waals surface area contributed by atoms with Crippen LogP contribution in [0.25, 0.3) is 5.57 Å². The Kier molecular flexibility index (Phi) is 5.24. The summed E-state index contributed by atoms with van der Waals surface area (Å²) >= 11 is 0. The molecule has 1 aliphatic heterocycles. The zero-order valence-corrected chi connectivity index (χ0v) is 18.6. The second-order valence-corrected chi connectivity index (χ2v) is 8.23. The quantitative estimate of drug-likeness (QED) is 0.545. The predicted octanol–water partition coefficient (Wildman–Crippen LogP) is 5.34. The van der Waals surface area contributed by atoms with E-state index in [1.807, 2.05) is 106 Å². The van der Waals surface area contributed by atoms with Crippen molar-refractivity contribution in [3.05, 3.63) is 100 Å². The Hall–Kier alpha value is -3.66. The summed E-state index contributed by atoms with van der Waals surface area (Å²) in [5, 5.41) is 0. The van der Waals surface area contributed by atoms with Gasteiger partial charge in [0.25, 0.3) is 11.8 Å². The molecule has 0 saturated heterocycles. The molecule has 0 bridgehead atoms. The van der Waals surface area contributed by atoms with Crippen molar-refractivity contribution in [2.75, 3.05) is 16.8 Å². The molecular weight excluding hydrogens is 384 g/mol. The number of aryl methyl sites for hydroxylation is 4. The number of hydrogen-bond donors (Lipinski definition) is 0. The summed E-state index contributed by atoms with van der Waals surface area (Å²) in [6, 6.07) is 21.4. The van der Waals surface area contributed by atoms with Crippen LogP contribution in [-0.4, -0.2) is 18.9 Å². The first-order valence-electron chi connectivity index (χ1n) is 10.4. The Bertz CT molecular complexity index is 1200. The zero-order chi connectivity index (χ0) is 22.3. The van der Waals surface area contributed by atoms with Crippen LogP contribution in [0.1, 0.15) is 27.8 Å². The van der Waals surface area contributed by atoms with Gasteiger partial charge < -0.3 is 4.90 Å². The van der Waals surface area contributed by atoms with E-state index in [0.717, 1.165) is 33.5 Å². The van der Waals surface area contributed by atoms with Crippen molar-refractivity contribution in [2.24, 2.45) is 0 Å². The van der Waals surface area contributed by atoms with Crippen LogP contribution in [0, 0.1) is 27.7 Å². The molecule has 1 heterocycles. The molecule has 3 aromatic carbocycles. The lowest BCUT2D eigenvalue weighted by atomic mass is 9.97. The minimum Gasteiger partial charge on any atom is -0.339 e. The van der Waals surface area contributed by atoms with Crippen LogP contribution in [0.5, 0.6) is 0 Å². The lowest BCUT2D eigenvalue weighted by Gasteiger charge is -2.22. The standard InChI is InChI=1S/C27H26N2O2/c1-17-11-12-23(20(4)14-17)24-25(28(5)21-9-7-6-8-10-21)27(31)29(26(24)30)22-15-18(2)13-19(3)16-22/h6-16H,1-5H3. The molecule has 0 saturated carbocycles. The number of carbonyl (C=O) groups is 2. The van der Waals surface area contributed by atoms with Gasteiger partial charge in [-0.2, -0.15) is 0 Å². The van der Waals surface area contributed by atoms with Crippen molar-refractivity contribution in [2.45, 2.75) is 27.7 Å². The van der Waals surface area contributed by atoms with Crippen LogP contribution in [0.3, 0.4) is 0 Å². The monoisotopic (exact) mass is 410 g/mol. The number of anilines is 2. The summed E-state index contributed by atoms with van der Waals surface area (Å²) in [5.41, 5.74) is 7.17. The first kappa shape index (κ1) is 20.6. The highest BCUT2D eigenvalue weighted by atomic mass is 16.2. The lowest BCUT2D eigenvalue weighted by Crippen LogP contribution is -2.34. The summed E-state index contributed by atoms with van der Waals surface area (Å²) in [5.74, 6) is -0.601. The van der Waals surface area contributed by atoms with Gasteiger partial charge in [0, 0.05) is 12.7 Å². The molecule has 0 fully saturated rings. The van der Waals surface area contributed by atoms with Gasteiger partial charge in [-0.1, -0.05) is 48.0 Å². The van der Waals surface area contributed by atoms with E-state index < -0.39 is 0 Å². The molecular formula is C27H26N2O2. The summed E-state index contributed by atoms with van der Waals surface area (Å²) in [6.07, 6.45) is 0. The van der Waals surface area contributed by atoms with E-state index in [-0.39, 0.29) is 11.8 Å². The van der Waals surface area contributed by atoms with Gasteiger partial charge in [-0.05, 0) is 74.2 Å². The second-order valence-electron chi connectivity index (χ2n) is 8.23. The fourth-order valence-electron chi connectivity index (χ4n) is 4.26. The Morgan fingerprint density at radius 1 is 0.710 bits per heavy atom. The Morgan fingerprint density at radius 2 is 1.35 bits per heavy atom. The molecule has 31 heavy (non-hydrogen) atoms. The van der Waals surface area contributed by atoms with E-state index in [1.165, 1.54) is 4.90 Å². The minimum atomic E-state index is -0.309. The highest BCUT2D eigenvalue weighted by Crippen LogP contribution is 2.37. The maximum absolute atomic E-state index is 13.7. The number of imide groups is 1. The van der Waals surface area contributed by atoms with E-state index in [2.05, 4.69) is 0 Å². The molecule has 3 aromatic rings. The first-order chi connectivity index (χ1) is 14.8. The van der Waals surface area contributed by atoms with E-state index >= 15 is 0 Å². The third kappa shape index (κ3) is 3.66. The summed E-state index contributed by atoms with van der Waals surface area (Å²) in [6.45, 7) is 7.94. The average Bonchev–Trinajstić information content (AvgIpc) is 2.97. The van der Waals surface area contributed by atoms with Gasteiger partial charge in [0.1, 0.15) is 5.70 Å². The van der Waals surface area contributed by atoms with Crippen molar-refractivity contribution < 1.29 is 9.59 Å². The molecule has 156 valence electrons. The lowest BCUT2D eigenvalue weighted by molar-refractivity contribution is -0.120. The number of para-hydroxylation sites is 1. The topological polar surface area (TPSA) is 40.6 Å². The fourth-order valence-corrected chi connectivity index (χ4v) is 4.26. The first-order valence-corrected chi connectivity index (χ1v) is 10.4. The van der Waals surface area contributed by atoms with E-state index in [0.29, 0.717) is 17.0 Å². The van der Waals surface area contributed by atoms with E-state index in [9.17, 15) is 9.59 Å².